The average Bonchev–Trinajstić information content (AvgIpc) is 2.54. The molecular formula is C18H23NO5. The lowest BCUT2D eigenvalue weighted by molar-refractivity contribution is -0.145. The van der Waals surface area contributed by atoms with E-state index in [1.54, 1.807) is 25.1 Å². The number of fused-ring (bicyclic) bond motifs is 1. The number of aromatic nitrogens is 1. The summed E-state index contributed by atoms with van der Waals surface area (Å²) in [6, 6.07) is 4.95. The zero-order valence-corrected chi connectivity index (χ0v) is 14.1. The molecule has 1 atom stereocenters. The van der Waals surface area contributed by atoms with E-state index in [0.717, 1.165) is 25.7 Å². The van der Waals surface area contributed by atoms with E-state index in [-0.39, 0.29) is 23.5 Å². The molecule has 0 amide bonds. The minimum atomic E-state index is -0.805. The van der Waals surface area contributed by atoms with E-state index in [2.05, 4.69) is 11.9 Å². The maximum Gasteiger partial charge on any atom is 0.419 e. The van der Waals surface area contributed by atoms with Crippen LogP contribution in [0.1, 0.15) is 57.4 Å². The van der Waals surface area contributed by atoms with Gasteiger partial charge in [0.1, 0.15) is 5.58 Å². The Morgan fingerprint density at radius 3 is 2.71 bits per heavy atom. The number of benzene rings is 1. The molecule has 1 aromatic heterocycles. The average molecular weight is 333 g/mol. The molecule has 130 valence electrons. The largest absolute Gasteiger partial charge is 0.466 e. The number of unbranched alkanes of at least 4 members (excludes halogenated alkanes) is 3. The van der Waals surface area contributed by atoms with Crippen LogP contribution >= 0.6 is 0 Å². The normalized spacial score (nSPS) is 12.2. The summed E-state index contributed by atoms with van der Waals surface area (Å²) in [6.07, 6.45) is 4.67. The molecule has 6 nitrogen and oxygen atoms in total. The molecule has 0 radical (unpaired) electrons. The van der Waals surface area contributed by atoms with Crippen molar-refractivity contribution in [3.8, 4) is 0 Å². The van der Waals surface area contributed by atoms with Gasteiger partial charge in [-0.2, -0.15) is 0 Å². The molecule has 0 spiro atoms. The fraction of sp³-hybridized carbons (Fsp3) is 0.500. The van der Waals surface area contributed by atoms with Gasteiger partial charge in [-0.15, -0.1) is 0 Å². The summed E-state index contributed by atoms with van der Waals surface area (Å²) >= 11 is 0. The number of esters is 1. The molecule has 0 saturated carbocycles. The third kappa shape index (κ3) is 4.13. The molecule has 0 aliphatic carbocycles. The fourth-order valence-corrected chi connectivity index (χ4v) is 2.87. The predicted octanol–water partition coefficient (Wildman–Crippen LogP) is 3.10. The van der Waals surface area contributed by atoms with Crippen molar-refractivity contribution in [1.29, 1.82) is 0 Å². The van der Waals surface area contributed by atoms with Gasteiger partial charge in [0, 0.05) is 0 Å². The number of rotatable bonds is 8. The maximum absolute atomic E-state index is 12.4. The van der Waals surface area contributed by atoms with Gasteiger partial charge in [0.05, 0.1) is 17.9 Å². The van der Waals surface area contributed by atoms with Crippen molar-refractivity contribution in [3.05, 3.63) is 44.7 Å². The summed E-state index contributed by atoms with van der Waals surface area (Å²) in [7, 11) is 0. The number of ether oxygens (including phenoxy) is 1. The second-order valence-electron chi connectivity index (χ2n) is 5.72. The van der Waals surface area contributed by atoms with E-state index >= 15 is 0 Å². The first-order chi connectivity index (χ1) is 11.6. The van der Waals surface area contributed by atoms with Crippen LogP contribution in [0.15, 0.2) is 32.2 Å². The predicted molar refractivity (Wildman–Crippen MR) is 91.2 cm³/mol. The van der Waals surface area contributed by atoms with Crippen molar-refractivity contribution < 1.29 is 13.9 Å². The Labute approximate surface area is 139 Å². The molecule has 24 heavy (non-hydrogen) atoms. The van der Waals surface area contributed by atoms with Gasteiger partial charge in [0.2, 0.25) is 0 Å². The van der Waals surface area contributed by atoms with E-state index < -0.39 is 17.2 Å². The van der Waals surface area contributed by atoms with Crippen LogP contribution in [-0.4, -0.2) is 17.6 Å². The maximum atomic E-state index is 12.4. The molecule has 0 saturated heterocycles. The van der Waals surface area contributed by atoms with E-state index in [1.165, 1.54) is 0 Å². The second-order valence-corrected chi connectivity index (χ2v) is 5.72. The number of hydrogen-bond donors (Lipinski definition) is 1. The fourth-order valence-electron chi connectivity index (χ4n) is 2.87. The summed E-state index contributed by atoms with van der Waals surface area (Å²) in [6.45, 7) is 4.15. The molecule has 1 aromatic carbocycles. The zero-order valence-electron chi connectivity index (χ0n) is 14.1. The SMILES string of the molecule is CCCCCCC(C(=O)OCC)c1cccc2oc(=O)[nH]c(=O)c12. The molecule has 0 aliphatic heterocycles. The highest BCUT2D eigenvalue weighted by Gasteiger charge is 2.25. The first-order valence-corrected chi connectivity index (χ1v) is 8.41. The number of hydrogen-bond acceptors (Lipinski definition) is 5. The quantitative estimate of drug-likeness (QED) is 0.592. The number of aromatic amines is 1. The third-order valence-corrected chi connectivity index (χ3v) is 4.00. The van der Waals surface area contributed by atoms with E-state index in [9.17, 15) is 14.4 Å². The number of H-pyrrole nitrogens is 1. The highest BCUT2D eigenvalue weighted by Crippen LogP contribution is 2.28. The monoisotopic (exact) mass is 333 g/mol. The molecule has 2 aromatic rings. The molecule has 0 aliphatic rings. The van der Waals surface area contributed by atoms with Crippen molar-refractivity contribution in [1.82, 2.24) is 4.98 Å². The zero-order chi connectivity index (χ0) is 17.5. The van der Waals surface area contributed by atoms with E-state index in [4.69, 9.17) is 9.15 Å². The van der Waals surface area contributed by atoms with Crippen molar-refractivity contribution in [3.63, 3.8) is 0 Å². The van der Waals surface area contributed by atoms with Crippen LogP contribution in [0.25, 0.3) is 11.0 Å². The van der Waals surface area contributed by atoms with Crippen LogP contribution in [0.5, 0.6) is 0 Å². The smallest absolute Gasteiger partial charge is 0.419 e. The van der Waals surface area contributed by atoms with E-state index in [0.29, 0.717) is 12.0 Å². The van der Waals surface area contributed by atoms with E-state index in [1.807, 2.05) is 0 Å². The minimum Gasteiger partial charge on any atom is -0.466 e. The van der Waals surface area contributed by atoms with Crippen LogP contribution in [-0.2, 0) is 9.53 Å². The van der Waals surface area contributed by atoms with Crippen LogP contribution in [0.4, 0.5) is 0 Å². The van der Waals surface area contributed by atoms with Crippen molar-refractivity contribution in [2.75, 3.05) is 6.61 Å². The molecule has 6 heteroatoms. The van der Waals surface area contributed by atoms with Gasteiger partial charge in [-0.1, -0.05) is 44.7 Å². The Hall–Kier alpha value is -2.37. The Balaban J connectivity index is 2.45. The van der Waals surface area contributed by atoms with Gasteiger partial charge in [-0.25, -0.2) is 4.79 Å². The minimum absolute atomic E-state index is 0.184. The Morgan fingerprint density at radius 1 is 1.21 bits per heavy atom. The molecule has 1 unspecified atom stereocenters. The summed E-state index contributed by atoms with van der Waals surface area (Å²) in [5, 5.41) is 0.241. The lowest BCUT2D eigenvalue weighted by Gasteiger charge is -2.17. The van der Waals surface area contributed by atoms with Gasteiger partial charge in [0.25, 0.3) is 5.56 Å². The first-order valence-electron chi connectivity index (χ1n) is 8.41. The number of carbonyl (C=O) groups is 1. The van der Waals surface area contributed by atoms with Crippen LogP contribution < -0.4 is 11.3 Å². The van der Waals surface area contributed by atoms with Gasteiger partial charge in [0.15, 0.2) is 0 Å². The molecule has 0 fully saturated rings. The summed E-state index contributed by atoms with van der Waals surface area (Å²) < 4.78 is 10.2. The lowest BCUT2D eigenvalue weighted by atomic mass is 9.90. The van der Waals surface area contributed by atoms with Crippen LogP contribution in [0, 0.1) is 0 Å². The van der Waals surface area contributed by atoms with Crippen LogP contribution in [0.3, 0.4) is 0 Å². The van der Waals surface area contributed by atoms with Crippen molar-refractivity contribution >= 4 is 16.9 Å². The number of nitrogens with one attached hydrogen (secondary N) is 1. The topological polar surface area (TPSA) is 89.4 Å². The summed E-state index contributed by atoms with van der Waals surface area (Å²) in [5.74, 6) is -1.70. The van der Waals surface area contributed by atoms with Crippen molar-refractivity contribution in [2.24, 2.45) is 0 Å². The van der Waals surface area contributed by atoms with Gasteiger partial charge in [-0.3, -0.25) is 14.6 Å². The standard InChI is InChI=1S/C18H23NO5/c1-3-5-6-7-9-13(17(21)23-4-2)12-10-8-11-14-15(12)16(20)19-18(22)24-14/h8,10-11,13H,3-7,9H2,1-2H3,(H,19,20,22). The Kier molecular flexibility index (Phi) is 6.35. The highest BCUT2D eigenvalue weighted by molar-refractivity contribution is 5.87. The van der Waals surface area contributed by atoms with Gasteiger partial charge in [-0.05, 0) is 25.0 Å². The third-order valence-electron chi connectivity index (χ3n) is 4.00. The van der Waals surface area contributed by atoms with Crippen molar-refractivity contribution in [2.45, 2.75) is 51.9 Å². The van der Waals surface area contributed by atoms with Gasteiger partial charge >= 0.3 is 11.7 Å². The Bertz CT molecular complexity index is 805. The molecular weight excluding hydrogens is 310 g/mol. The second kappa shape index (κ2) is 8.47. The lowest BCUT2D eigenvalue weighted by Crippen LogP contribution is -2.22. The summed E-state index contributed by atoms with van der Waals surface area (Å²) in [5.41, 5.74) is 0.191. The summed E-state index contributed by atoms with van der Waals surface area (Å²) in [4.78, 5) is 38.1. The molecule has 1 heterocycles. The first kappa shape index (κ1) is 18.0. The van der Waals surface area contributed by atoms with Crippen LogP contribution in [0.2, 0.25) is 0 Å². The van der Waals surface area contributed by atoms with Gasteiger partial charge < -0.3 is 9.15 Å². The molecule has 0 bridgehead atoms. The molecule has 2 rings (SSSR count). The highest BCUT2D eigenvalue weighted by atomic mass is 16.5. The number of carbonyl (C=O) groups excluding carboxylic acids is 1. The molecule has 1 N–H and O–H groups in total. The Morgan fingerprint density at radius 2 is 2.00 bits per heavy atom.